The van der Waals surface area contributed by atoms with Crippen molar-refractivity contribution in [1.29, 1.82) is 0 Å². The Balaban J connectivity index is 1.43. The molecule has 2 aromatic carbocycles. The van der Waals surface area contributed by atoms with Crippen molar-refractivity contribution in [2.45, 2.75) is 44.8 Å². The predicted molar refractivity (Wildman–Crippen MR) is 114 cm³/mol. The highest BCUT2D eigenvalue weighted by Gasteiger charge is 2.25. The molecule has 2 aromatic rings. The van der Waals surface area contributed by atoms with Gasteiger partial charge in [-0.3, -0.25) is 9.89 Å². The molecule has 0 aliphatic carbocycles. The zero-order chi connectivity index (χ0) is 19.8. The minimum absolute atomic E-state index is 0.184. The number of benzene rings is 2. The van der Waals surface area contributed by atoms with Gasteiger partial charge in [-0.25, -0.2) is 4.39 Å². The zero-order valence-electron chi connectivity index (χ0n) is 16.9. The Morgan fingerprint density at radius 3 is 2.64 bits per heavy atom. The summed E-state index contributed by atoms with van der Waals surface area (Å²) in [6, 6.07) is 18.4. The van der Waals surface area contributed by atoms with E-state index in [2.05, 4.69) is 57.8 Å². The van der Waals surface area contributed by atoms with Crippen LogP contribution >= 0.6 is 0 Å². The molecule has 5 heteroatoms. The lowest BCUT2D eigenvalue weighted by Crippen LogP contribution is -2.51. The van der Waals surface area contributed by atoms with Crippen molar-refractivity contribution in [3.63, 3.8) is 0 Å². The van der Waals surface area contributed by atoms with E-state index in [1.54, 1.807) is 19.2 Å². The van der Waals surface area contributed by atoms with Crippen LogP contribution in [0, 0.1) is 5.82 Å². The maximum atomic E-state index is 13.3. The lowest BCUT2D eigenvalue weighted by Gasteiger charge is -2.38. The van der Waals surface area contributed by atoms with E-state index in [1.165, 1.54) is 11.6 Å². The standard InChI is InChI=1S/C23H31FN4/c1-18-15-22(12-14-28(18)17-20-7-4-3-5-8-20)27-23(25-2)26-13-11-19-9-6-10-21(24)16-19/h3-10,16,18,22H,11-15,17H2,1-2H3,(H2,25,26,27). The maximum Gasteiger partial charge on any atom is 0.191 e. The average molecular weight is 383 g/mol. The van der Waals surface area contributed by atoms with Gasteiger partial charge in [0.05, 0.1) is 0 Å². The van der Waals surface area contributed by atoms with E-state index >= 15 is 0 Å². The number of rotatable bonds is 6. The monoisotopic (exact) mass is 382 g/mol. The summed E-state index contributed by atoms with van der Waals surface area (Å²) in [7, 11) is 1.80. The molecule has 1 saturated heterocycles. The molecule has 0 aromatic heterocycles. The Labute approximate surface area is 167 Å². The van der Waals surface area contributed by atoms with Crippen LogP contribution in [0.4, 0.5) is 4.39 Å². The van der Waals surface area contributed by atoms with Crippen molar-refractivity contribution in [2.24, 2.45) is 4.99 Å². The second-order valence-corrected chi connectivity index (χ2v) is 7.55. The van der Waals surface area contributed by atoms with Gasteiger partial charge < -0.3 is 10.6 Å². The van der Waals surface area contributed by atoms with E-state index in [1.807, 2.05) is 6.07 Å². The third kappa shape index (κ3) is 6.06. The number of nitrogens with one attached hydrogen (secondary N) is 2. The van der Waals surface area contributed by atoms with Crippen LogP contribution in [0.25, 0.3) is 0 Å². The highest BCUT2D eigenvalue weighted by Crippen LogP contribution is 2.19. The van der Waals surface area contributed by atoms with Gasteiger partial charge in [0.1, 0.15) is 5.82 Å². The third-order valence-corrected chi connectivity index (χ3v) is 5.40. The van der Waals surface area contributed by atoms with Crippen LogP contribution in [0.3, 0.4) is 0 Å². The molecule has 150 valence electrons. The fourth-order valence-corrected chi connectivity index (χ4v) is 3.81. The van der Waals surface area contributed by atoms with Crippen molar-refractivity contribution >= 4 is 5.96 Å². The normalized spacial score (nSPS) is 20.8. The van der Waals surface area contributed by atoms with Gasteiger partial charge in [-0.15, -0.1) is 0 Å². The molecule has 2 atom stereocenters. The summed E-state index contributed by atoms with van der Waals surface area (Å²) in [6.07, 6.45) is 2.96. The Kier molecular flexibility index (Phi) is 7.43. The third-order valence-electron chi connectivity index (χ3n) is 5.40. The number of nitrogens with zero attached hydrogens (tertiary/aromatic N) is 2. The van der Waals surface area contributed by atoms with E-state index in [0.29, 0.717) is 12.1 Å². The van der Waals surface area contributed by atoms with Gasteiger partial charge >= 0.3 is 0 Å². The van der Waals surface area contributed by atoms with Crippen molar-refractivity contribution in [3.8, 4) is 0 Å². The molecule has 0 saturated carbocycles. The summed E-state index contributed by atoms with van der Waals surface area (Å²) in [4.78, 5) is 6.90. The van der Waals surface area contributed by atoms with Gasteiger partial charge in [0.25, 0.3) is 0 Å². The first-order valence-corrected chi connectivity index (χ1v) is 10.1. The number of piperidine rings is 1. The molecule has 0 bridgehead atoms. The minimum Gasteiger partial charge on any atom is -0.356 e. The number of aliphatic imine (C=N–C) groups is 1. The van der Waals surface area contributed by atoms with E-state index in [9.17, 15) is 4.39 Å². The maximum absolute atomic E-state index is 13.3. The smallest absolute Gasteiger partial charge is 0.191 e. The predicted octanol–water partition coefficient (Wildman–Crippen LogP) is 3.59. The molecular weight excluding hydrogens is 351 g/mol. The fraction of sp³-hybridized carbons (Fsp3) is 0.435. The van der Waals surface area contributed by atoms with Crippen molar-refractivity contribution in [3.05, 3.63) is 71.5 Å². The van der Waals surface area contributed by atoms with Crippen molar-refractivity contribution in [1.82, 2.24) is 15.5 Å². The Bertz CT molecular complexity index is 762. The van der Waals surface area contributed by atoms with Crippen molar-refractivity contribution in [2.75, 3.05) is 20.1 Å². The number of hydrogen-bond donors (Lipinski definition) is 2. The summed E-state index contributed by atoms with van der Waals surface area (Å²) < 4.78 is 13.3. The SMILES string of the molecule is CN=C(NCCc1cccc(F)c1)NC1CCN(Cc2ccccc2)C(C)C1. The highest BCUT2D eigenvalue weighted by molar-refractivity contribution is 5.79. The number of halogens is 1. The quantitative estimate of drug-likeness (QED) is 0.593. The minimum atomic E-state index is -0.184. The van der Waals surface area contributed by atoms with Crippen LogP contribution in [-0.4, -0.2) is 43.1 Å². The molecule has 1 heterocycles. The molecule has 0 spiro atoms. The molecule has 0 amide bonds. The summed E-state index contributed by atoms with van der Waals surface area (Å²) >= 11 is 0. The molecule has 0 radical (unpaired) electrons. The number of hydrogen-bond acceptors (Lipinski definition) is 2. The Hall–Kier alpha value is -2.40. The fourth-order valence-electron chi connectivity index (χ4n) is 3.81. The van der Waals surface area contributed by atoms with Gasteiger partial charge in [-0.05, 0) is 49.4 Å². The molecule has 28 heavy (non-hydrogen) atoms. The van der Waals surface area contributed by atoms with Crippen LogP contribution in [0.15, 0.2) is 59.6 Å². The molecule has 1 fully saturated rings. The number of guanidine groups is 1. The largest absolute Gasteiger partial charge is 0.356 e. The molecule has 1 aliphatic rings. The molecule has 1 aliphatic heterocycles. The highest BCUT2D eigenvalue weighted by atomic mass is 19.1. The van der Waals surface area contributed by atoms with Gasteiger partial charge in [0.2, 0.25) is 0 Å². The van der Waals surface area contributed by atoms with Gasteiger partial charge in [0.15, 0.2) is 5.96 Å². The van der Waals surface area contributed by atoms with Crippen LogP contribution < -0.4 is 10.6 Å². The summed E-state index contributed by atoms with van der Waals surface area (Å²) in [5, 5.41) is 6.91. The van der Waals surface area contributed by atoms with Gasteiger partial charge in [0, 0.05) is 38.8 Å². The summed E-state index contributed by atoms with van der Waals surface area (Å²) in [6.45, 7) is 5.12. The number of likely N-dealkylation sites (tertiary alicyclic amines) is 1. The first-order chi connectivity index (χ1) is 13.6. The van der Waals surface area contributed by atoms with Gasteiger partial charge in [-0.1, -0.05) is 42.5 Å². The van der Waals surface area contributed by atoms with Gasteiger partial charge in [-0.2, -0.15) is 0 Å². The topological polar surface area (TPSA) is 39.7 Å². The molecule has 2 N–H and O–H groups in total. The van der Waals surface area contributed by atoms with Crippen LogP contribution in [0.2, 0.25) is 0 Å². The van der Waals surface area contributed by atoms with Crippen LogP contribution in [0.5, 0.6) is 0 Å². The zero-order valence-corrected chi connectivity index (χ0v) is 16.9. The van der Waals surface area contributed by atoms with Crippen LogP contribution in [0.1, 0.15) is 30.9 Å². The van der Waals surface area contributed by atoms with E-state index < -0.39 is 0 Å². The first kappa shape index (κ1) is 20.3. The molecule has 4 nitrogen and oxygen atoms in total. The van der Waals surface area contributed by atoms with Crippen molar-refractivity contribution < 1.29 is 4.39 Å². The molecule has 3 rings (SSSR count). The van der Waals surface area contributed by atoms with E-state index in [4.69, 9.17) is 0 Å². The van der Waals surface area contributed by atoms with E-state index in [-0.39, 0.29) is 5.82 Å². The Morgan fingerprint density at radius 2 is 1.93 bits per heavy atom. The first-order valence-electron chi connectivity index (χ1n) is 10.1. The lowest BCUT2D eigenvalue weighted by molar-refractivity contribution is 0.134. The summed E-state index contributed by atoms with van der Waals surface area (Å²) in [5.74, 6) is 0.640. The van der Waals surface area contributed by atoms with E-state index in [0.717, 1.165) is 50.4 Å². The summed E-state index contributed by atoms with van der Waals surface area (Å²) in [5.41, 5.74) is 2.36. The molecule has 2 unspecified atom stereocenters. The van der Waals surface area contributed by atoms with Crippen LogP contribution in [-0.2, 0) is 13.0 Å². The lowest BCUT2D eigenvalue weighted by atomic mass is 9.97. The average Bonchev–Trinajstić information content (AvgIpc) is 2.70. The Morgan fingerprint density at radius 1 is 1.14 bits per heavy atom. The second-order valence-electron chi connectivity index (χ2n) is 7.55. The second kappa shape index (κ2) is 10.2. The molecular formula is C23H31FN4.